The van der Waals surface area contributed by atoms with Crippen LogP contribution in [0.4, 0.5) is 4.39 Å². The van der Waals surface area contributed by atoms with E-state index in [0.29, 0.717) is 24.2 Å². The fraction of sp³-hybridized carbons (Fsp3) is 0.409. The minimum atomic E-state index is -1.06. The van der Waals surface area contributed by atoms with Crippen molar-refractivity contribution in [3.63, 3.8) is 0 Å². The van der Waals surface area contributed by atoms with Gasteiger partial charge in [0.1, 0.15) is 17.1 Å². The Kier molecular flexibility index (Phi) is 6.02. The molecule has 1 aliphatic rings. The molecule has 152 valence electrons. The molecule has 0 radical (unpaired) electrons. The van der Waals surface area contributed by atoms with Crippen LogP contribution in [-0.2, 0) is 9.53 Å². The Morgan fingerprint density at radius 3 is 2.45 bits per heavy atom. The lowest BCUT2D eigenvalue weighted by molar-refractivity contribution is -0.143. The smallest absolute Gasteiger partial charge is 0.375 e. The first-order valence-electron chi connectivity index (χ1n) is 9.62. The summed E-state index contributed by atoms with van der Waals surface area (Å²) in [5.41, 5.74) is -0.237. The van der Waals surface area contributed by atoms with Gasteiger partial charge < -0.3 is 14.1 Å². The Balaban J connectivity index is 1.66. The molecule has 7 heteroatoms. The van der Waals surface area contributed by atoms with Gasteiger partial charge in [0.15, 0.2) is 6.10 Å². The Morgan fingerprint density at radius 2 is 1.83 bits per heavy atom. The van der Waals surface area contributed by atoms with Crippen LogP contribution in [0.25, 0.3) is 11.3 Å². The Hall–Kier alpha value is -3.14. The largest absolute Gasteiger partial charge is 0.449 e. The van der Waals surface area contributed by atoms with Crippen molar-refractivity contribution in [2.45, 2.75) is 50.7 Å². The van der Waals surface area contributed by atoms with Gasteiger partial charge in [0.05, 0.1) is 6.07 Å². The van der Waals surface area contributed by atoms with Crippen molar-refractivity contribution in [1.29, 1.82) is 5.26 Å². The lowest BCUT2D eigenvalue weighted by atomic mass is 9.81. The van der Waals surface area contributed by atoms with Crippen LogP contribution >= 0.6 is 0 Å². The first-order chi connectivity index (χ1) is 13.9. The molecule has 1 saturated carbocycles. The van der Waals surface area contributed by atoms with Crippen LogP contribution in [0.1, 0.15) is 49.6 Å². The minimum Gasteiger partial charge on any atom is -0.449 e. The number of carbonyl (C=O) groups is 2. The van der Waals surface area contributed by atoms with Crippen LogP contribution in [0.2, 0.25) is 0 Å². The summed E-state index contributed by atoms with van der Waals surface area (Å²) in [7, 11) is 1.58. The highest BCUT2D eigenvalue weighted by molar-refractivity contribution is 5.90. The van der Waals surface area contributed by atoms with E-state index in [4.69, 9.17) is 9.15 Å². The second-order valence-electron chi connectivity index (χ2n) is 7.32. The Bertz CT molecular complexity index is 923. The molecule has 6 nitrogen and oxygen atoms in total. The van der Waals surface area contributed by atoms with E-state index in [0.717, 1.165) is 19.3 Å². The zero-order valence-corrected chi connectivity index (χ0v) is 16.5. The molecular formula is C22H23FN2O4. The third kappa shape index (κ3) is 4.32. The van der Waals surface area contributed by atoms with Gasteiger partial charge in [-0.05, 0) is 56.2 Å². The van der Waals surface area contributed by atoms with Gasteiger partial charge in [0.25, 0.3) is 5.91 Å². The summed E-state index contributed by atoms with van der Waals surface area (Å²) in [6.45, 7) is 1.48. The SMILES string of the molecule is C[C@H](OC(=O)c1ccc(-c2ccc(F)cc2)o1)C(=O)N(C)C1(C#N)CCCCC1. The van der Waals surface area contributed by atoms with E-state index >= 15 is 0 Å². The lowest BCUT2D eigenvalue weighted by Crippen LogP contribution is -2.53. The van der Waals surface area contributed by atoms with E-state index < -0.39 is 23.5 Å². The van der Waals surface area contributed by atoms with Gasteiger partial charge in [-0.3, -0.25) is 4.79 Å². The molecule has 0 saturated heterocycles. The monoisotopic (exact) mass is 398 g/mol. The summed E-state index contributed by atoms with van der Waals surface area (Å²) in [5.74, 6) is -1.24. The zero-order chi connectivity index (χ0) is 21.0. The average Bonchev–Trinajstić information content (AvgIpc) is 3.24. The first kappa shape index (κ1) is 20.6. The summed E-state index contributed by atoms with van der Waals surface area (Å²) < 4.78 is 23.8. The number of ether oxygens (including phenoxy) is 1. The molecule has 1 aliphatic carbocycles. The van der Waals surface area contributed by atoms with E-state index in [-0.39, 0.29) is 11.6 Å². The van der Waals surface area contributed by atoms with Gasteiger partial charge in [-0.1, -0.05) is 19.3 Å². The number of hydrogen-bond acceptors (Lipinski definition) is 5. The number of nitriles is 1. The number of furan rings is 1. The van der Waals surface area contributed by atoms with Gasteiger partial charge in [-0.2, -0.15) is 5.26 Å². The molecule has 1 atom stereocenters. The van der Waals surface area contributed by atoms with E-state index in [1.54, 1.807) is 13.1 Å². The molecule has 3 rings (SSSR count). The molecule has 0 spiro atoms. The lowest BCUT2D eigenvalue weighted by Gasteiger charge is -2.39. The van der Waals surface area contributed by atoms with Crippen LogP contribution < -0.4 is 0 Å². The van der Waals surface area contributed by atoms with E-state index in [2.05, 4.69) is 6.07 Å². The molecule has 2 aromatic rings. The number of carbonyl (C=O) groups excluding carboxylic acids is 2. The average molecular weight is 398 g/mol. The quantitative estimate of drug-likeness (QED) is 0.701. The van der Waals surface area contributed by atoms with Crippen molar-refractivity contribution < 1.29 is 23.1 Å². The van der Waals surface area contributed by atoms with Crippen molar-refractivity contribution >= 4 is 11.9 Å². The van der Waals surface area contributed by atoms with Crippen molar-refractivity contribution in [1.82, 2.24) is 4.90 Å². The number of halogens is 1. The summed E-state index contributed by atoms with van der Waals surface area (Å²) in [6.07, 6.45) is 3.00. The second-order valence-corrected chi connectivity index (χ2v) is 7.32. The van der Waals surface area contributed by atoms with Crippen LogP contribution in [0.5, 0.6) is 0 Å². The predicted octanol–water partition coefficient (Wildman–Crippen LogP) is 4.32. The molecule has 1 aromatic carbocycles. The summed E-state index contributed by atoms with van der Waals surface area (Å²) in [4.78, 5) is 26.6. The fourth-order valence-electron chi connectivity index (χ4n) is 3.63. The maximum absolute atomic E-state index is 13.0. The molecule has 29 heavy (non-hydrogen) atoms. The van der Waals surface area contributed by atoms with Crippen molar-refractivity contribution in [2.24, 2.45) is 0 Å². The van der Waals surface area contributed by atoms with Gasteiger partial charge in [-0.25, -0.2) is 9.18 Å². The van der Waals surface area contributed by atoms with E-state index in [9.17, 15) is 19.2 Å². The maximum atomic E-state index is 13.0. The Morgan fingerprint density at radius 1 is 1.17 bits per heavy atom. The number of amides is 1. The first-order valence-corrected chi connectivity index (χ1v) is 9.62. The van der Waals surface area contributed by atoms with E-state index in [1.165, 1.54) is 42.2 Å². The molecule has 0 unspecified atom stereocenters. The highest BCUT2D eigenvalue weighted by Crippen LogP contribution is 2.33. The predicted molar refractivity (Wildman–Crippen MR) is 103 cm³/mol. The number of benzene rings is 1. The Labute approximate surface area is 168 Å². The highest BCUT2D eigenvalue weighted by atomic mass is 19.1. The molecule has 1 amide bonds. The number of esters is 1. The van der Waals surface area contributed by atoms with Crippen LogP contribution in [0, 0.1) is 17.1 Å². The molecule has 1 fully saturated rings. The molecule has 1 heterocycles. The topological polar surface area (TPSA) is 83.5 Å². The minimum absolute atomic E-state index is 0.0562. The van der Waals surface area contributed by atoms with Crippen molar-refractivity contribution in [2.75, 3.05) is 7.05 Å². The normalized spacial score (nSPS) is 16.5. The highest BCUT2D eigenvalue weighted by Gasteiger charge is 2.40. The van der Waals surface area contributed by atoms with Crippen LogP contribution in [0.3, 0.4) is 0 Å². The summed E-state index contributed by atoms with van der Waals surface area (Å²) in [5, 5.41) is 9.64. The number of rotatable bonds is 5. The standard InChI is InChI=1S/C22H23FN2O4/c1-15(20(26)25(2)22(14-24)12-4-3-5-13-22)28-21(27)19-11-10-18(29-19)16-6-8-17(23)9-7-16/h6-11,15H,3-5,12-13H2,1-2H3/t15-/m0/s1. The number of nitrogens with zero attached hydrogens (tertiary/aromatic N) is 2. The summed E-state index contributed by atoms with van der Waals surface area (Å²) >= 11 is 0. The van der Waals surface area contributed by atoms with Crippen LogP contribution in [-0.4, -0.2) is 35.5 Å². The zero-order valence-electron chi connectivity index (χ0n) is 16.5. The van der Waals surface area contributed by atoms with Crippen molar-refractivity contribution in [3.8, 4) is 17.4 Å². The van der Waals surface area contributed by atoms with Crippen LogP contribution in [0.15, 0.2) is 40.8 Å². The third-order valence-corrected chi connectivity index (χ3v) is 5.43. The van der Waals surface area contributed by atoms with Gasteiger partial charge in [0, 0.05) is 12.6 Å². The molecule has 0 N–H and O–H groups in total. The molecule has 1 aromatic heterocycles. The molecular weight excluding hydrogens is 375 g/mol. The third-order valence-electron chi connectivity index (χ3n) is 5.43. The molecule has 0 bridgehead atoms. The second kappa shape index (κ2) is 8.48. The fourth-order valence-corrected chi connectivity index (χ4v) is 3.63. The van der Waals surface area contributed by atoms with Gasteiger partial charge >= 0.3 is 5.97 Å². The maximum Gasteiger partial charge on any atom is 0.375 e. The number of likely N-dealkylation sites (N-methyl/N-ethyl adjacent to an activating group) is 1. The van der Waals surface area contributed by atoms with Gasteiger partial charge in [-0.15, -0.1) is 0 Å². The molecule has 0 aliphatic heterocycles. The summed E-state index contributed by atoms with van der Waals surface area (Å²) in [6, 6.07) is 11.0. The number of hydrogen-bond donors (Lipinski definition) is 0. The van der Waals surface area contributed by atoms with Gasteiger partial charge in [0.2, 0.25) is 5.76 Å². The van der Waals surface area contributed by atoms with Crippen molar-refractivity contribution in [3.05, 3.63) is 48.0 Å². The van der Waals surface area contributed by atoms with E-state index in [1.807, 2.05) is 0 Å².